The normalized spacial score (nSPS) is 10.6. The van der Waals surface area contributed by atoms with Gasteiger partial charge in [0.15, 0.2) is 5.65 Å². The first kappa shape index (κ1) is 8.61. The van der Waals surface area contributed by atoms with Crippen LogP contribution in [-0.4, -0.2) is 31.1 Å². The van der Waals surface area contributed by atoms with Crippen LogP contribution in [0.15, 0.2) is 18.3 Å². The first-order valence-corrected chi connectivity index (χ1v) is 4.14. The molecule has 0 spiro atoms. The van der Waals surface area contributed by atoms with E-state index in [-0.39, 0.29) is 6.42 Å². The summed E-state index contributed by atoms with van der Waals surface area (Å²) < 4.78 is 1.53. The molecular formula is C8H8N4O2. The maximum Gasteiger partial charge on any atom is 0.303 e. The molecule has 0 saturated heterocycles. The third kappa shape index (κ3) is 1.68. The van der Waals surface area contributed by atoms with E-state index in [1.54, 1.807) is 12.3 Å². The van der Waals surface area contributed by atoms with Crippen molar-refractivity contribution < 1.29 is 9.90 Å². The molecule has 0 unspecified atom stereocenters. The molecular weight excluding hydrogens is 184 g/mol. The maximum atomic E-state index is 10.3. The average molecular weight is 192 g/mol. The molecule has 6 nitrogen and oxygen atoms in total. The highest BCUT2D eigenvalue weighted by Gasteiger charge is 2.01. The molecule has 2 aromatic rings. The minimum Gasteiger partial charge on any atom is -0.481 e. The van der Waals surface area contributed by atoms with Crippen LogP contribution in [-0.2, 0) is 11.2 Å². The van der Waals surface area contributed by atoms with E-state index >= 15 is 0 Å². The molecule has 6 heteroatoms. The average Bonchev–Trinajstić information content (AvgIpc) is 2.61. The van der Waals surface area contributed by atoms with Crippen LogP contribution >= 0.6 is 0 Å². The van der Waals surface area contributed by atoms with Gasteiger partial charge in [-0.2, -0.15) is 0 Å². The Morgan fingerprint density at radius 2 is 2.43 bits per heavy atom. The number of carboxylic acid groups (broad SMARTS) is 1. The van der Waals surface area contributed by atoms with Gasteiger partial charge in [-0.1, -0.05) is 0 Å². The molecule has 2 rings (SSSR count). The Labute approximate surface area is 79.2 Å². The molecule has 0 radical (unpaired) electrons. The molecule has 0 aliphatic carbocycles. The number of aromatic nitrogens is 4. The number of aliphatic carboxylic acids is 1. The molecule has 2 aromatic heterocycles. The van der Waals surface area contributed by atoms with Gasteiger partial charge in [-0.25, -0.2) is 4.52 Å². The van der Waals surface area contributed by atoms with Crippen molar-refractivity contribution in [3.8, 4) is 0 Å². The Morgan fingerprint density at radius 1 is 1.57 bits per heavy atom. The van der Waals surface area contributed by atoms with Crippen LogP contribution < -0.4 is 0 Å². The van der Waals surface area contributed by atoms with E-state index in [4.69, 9.17) is 5.11 Å². The Bertz CT molecular complexity index is 465. The lowest BCUT2D eigenvalue weighted by Gasteiger charge is -1.97. The zero-order valence-corrected chi connectivity index (χ0v) is 7.29. The summed E-state index contributed by atoms with van der Waals surface area (Å²) in [6, 6.07) is 3.59. The lowest BCUT2D eigenvalue weighted by Crippen LogP contribution is -1.98. The third-order valence-corrected chi connectivity index (χ3v) is 1.89. The van der Waals surface area contributed by atoms with Gasteiger partial charge in [0.25, 0.3) is 0 Å². The summed E-state index contributed by atoms with van der Waals surface area (Å²) >= 11 is 0. The van der Waals surface area contributed by atoms with E-state index in [9.17, 15) is 4.79 Å². The number of aryl methyl sites for hydroxylation is 1. The molecule has 0 amide bonds. The van der Waals surface area contributed by atoms with Crippen LogP contribution in [0.5, 0.6) is 0 Å². The van der Waals surface area contributed by atoms with Crippen molar-refractivity contribution in [3.63, 3.8) is 0 Å². The Morgan fingerprint density at radius 3 is 3.21 bits per heavy atom. The van der Waals surface area contributed by atoms with Gasteiger partial charge in [-0.05, 0) is 34.5 Å². The maximum absolute atomic E-state index is 10.3. The van der Waals surface area contributed by atoms with Crippen LogP contribution in [0.4, 0.5) is 0 Å². The summed E-state index contributed by atoms with van der Waals surface area (Å²) in [6.45, 7) is 0. The predicted octanol–water partition coefficient (Wildman–Crippen LogP) is 0.141. The largest absolute Gasteiger partial charge is 0.481 e. The SMILES string of the molecule is O=C(O)CCc1ccn2nnnc2c1. The van der Waals surface area contributed by atoms with Crippen molar-refractivity contribution in [2.75, 3.05) is 0 Å². The van der Waals surface area contributed by atoms with Gasteiger partial charge < -0.3 is 5.11 Å². The van der Waals surface area contributed by atoms with Gasteiger partial charge in [0.1, 0.15) is 0 Å². The number of nitrogens with zero attached hydrogens (tertiary/aromatic N) is 4. The highest BCUT2D eigenvalue weighted by Crippen LogP contribution is 2.05. The molecule has 0 aliphatic heterocycles. The fourth-order valence-electron chi connectivity index (χ4n) is 1.19. The number of rotatable bonds is 3. The van der Waals surface area contributed by atoms with Crippen molar-refractivity contribution in [2.45, 2.75) is 12.8 Å². The number of carboxylic acids is 1. The quantitative estimate of drug-likeness (QED) is 0.748. The second-order valence-electron chi connectivity index (χ2n) is 2.91. The summed E-state index contributed by atoms with van der Waals surface area (Å²) in [4.78, 5) is 10.3. The zero-order chi connectivity index (χ0) is 9.97. The van der Waals surface area contributed by atoms with Crippen molar-refractivity contribution in [1.29, 1.82) is 0 Å². The number of carbonyl (C=O) groups is 1. The number of hydrogen-bond acceptors (Lipinski definition) is 4. The first-order chi connectivity index (χ1) is 6.75. The van der Waals surface area contributed by atoms with Crippen molar-refractivity contribution >= 4 is 11.6 Å². The predicted molar refractivity (Wildman–Crippen MR) is 46.7 cm³/mol. The van der Waals surface area contributed by atoms with E-state index in [0.717, 1.165) is 5.56 Å². The zero-order valence-electron chi connectivity index (χ0n) is 7.29. The van der Waals surface area contributed by atoms with E-state index in [1.807, 2.05) is 6.07 Å². The fraction of sp³-hybridized carbons (Fsp3) is 0.250. The summed E-state index contributed by atoms with van der Waals surface area (Å²) in [7, 11) is 0. The van der Waals surface area contributed by atoms with Gasteiger partial charge in [0, 0.05) is 12.6 Å². The summed E-state index contributed by atoms with van der Waals surface area (Å²) in [5, 5.41) is 19.4. The van der Waals surface area contributed by atoms with E-state index in [0.29, 0.717) is 12.1 Å². The monoisotopic (exact) mass is 192 g/mol. The second kappa shape index (κ2) is 3.41. The van der Waals surface area contributed by atoms with E-state index < -0.39 is 5.97 Å². The van der Waals surface area contributed by atoms with Crippen LogP contribution in [0.3, 0.4) is 0 Å². The van der Waals surface area contributed by atoms with E-state index in [1.165, 1.54) is 4.52 Å². The molecule has 14 heavy (non-hydrogen) atoms. The molecule has 2 heterocycles. The van der Waals surface area contributed by atoms with Gasteiger partial charge in [0.05, 0.1) is 0 Å². The molecule has 0 atom stereocenters. The molecule has 1 N–H and O–H groups in total. The van der Waals surface area contributed by atoms with Gasteiger partial charge in [0.2, 0.25) is 0 Å². The van der Waals surface area contributed by atoms with Gasteiger partial charge >= 0.3 is 5.97 Å². The molecule has 0 aromatic carbocycles. The summed E-state index contributed by atoms with van der Waals surface area (Å²) in [5.41, 5.74) is 1.56. The highest BCUT2D eigenvalue weighted by molar-refractivity contribution is 5.67. The Balaban J connectivity index is 2.21. The number of hydrogen-bond donors (Lipinski definition) is 1. The Hall–Kier alpha value is -1.98. The molecule has 0 bridgehead atoms. The fourth-order valence-corrected chi connectivity index (χ4v) is 1.19. The smallest absolute Gasteiger partial charge is 0.303 e. The third-order valence-electron chi connectivity index (χ3n) is 1.89. The number of fused-ring (bicyclic) bond motifs is 1. The first-order valence-electron chi connectivity index (χ1n) is 4.14. The van der Waals surface area contributed by atoms with E-state index in [2.05, 4.69) is 15.5 Å². The van der Waals surface area contributed by atoms with Crippen molar-refractivity contribution in [3.05, 3.63) is 23.9 Å². The minimum atomic E-state index is -0.801. The highest BCUT2D eigenvalue weighted by atomic mass is 16.4. The molecule has 0 aliphatic rings. The number of pyridine rings is 1. The molecule has 0 fully saturated rings. The summed E-state index contributed by atoms with van der Waals surface area (Å²) in [5.74, 6) is -0.801. The van der Waals surface area contributed by atoms with Gasteiger partial charge in [-0.3, -0.25) is 4.79 Å². The lowest BCUT2D eigenvalue weighted by molar-refractivity contribution is -0.136. The Kier molecular flexibility index (Phi) is 2.10. The molecule has 72 valence electrons. The lowest BCUT2D eigenvalue weighted by atomic mass is 10.1. The van der Waals surface area contributed by atoms with Crippen LogP contribution in [0.2, 0.25) is 0 Å². The van der Waals surface area contributed by atoms with Crippen LogP contribution in [0.25, 0.3) is 5.65 Å². The standard InChI is InChI=1S/C8H8N4O2/c13-8(14)2-1-6-3-4-12-7(5-6)9-10-11-12/h3-5H,1-2H2,(H,13,14). The van der Waals surface area contributed by atoms with Crippen LogP contribution in [0.1, 0.15) is 12.0 Å². The second-order valence-corrected chi connectivity index (χ2v) is 2.91. The minimum absolute atomic E-state index is 0.123. The summed E-state index contributed by atoms with van der Waals surface area (Å²) in [6.07, 6.45) is 2.34. The molecule has 0 saturated carbocycles. The van der Waals surface area contributed by atoms with Crippen LogP contribution in [0, 0.1) is 0 Å². The van der Waals surface area contributed by atoms with Crippen molar-refractivity contribution in [2.24, 2.45) is 0 Å². The van der Waals surface area contributed by atoms with Gasteiger partial charge in [-0.15, -0.1) is 5.10 Å². The topological polar surface area (TPSA) is 80.4 Å². The number of tetrazole rings is 1. The van der Waals surface area contributed by atoms with Crippen molar-refractivity contribution in [1.82, 2.24) is 20.0 Å².